The number of carbonyl (C=O) groups excluding carboxylic acids is 2. The lowest BCUT2D eigenvalue weighted by atomic mass is 10.1. The number of benzene rings is 2. The molecule has 0 aliphatic carbocycles. The molecule has 0 bridgehead atoms. The van der Waals surface area contributed by atoms with Gasteiger partial charge in [-0.2, -0.15) is 4.31 Å². The third-order valence-corrected chi connectivity index (χ3v) is 7.11. The molecule has 2 aromatic rings. The Labute approximate surface area is 182 Å². The molecule has 0 radical (unpaired) electrons. The van der Waals surface area contributed by atoms with Crippen molar-refractivity contribution in [3.05, 3.63) is 59.2 Å². The number of hydrogen-bond acceptors (Lipinski definition) is 6. The average Bonchev–Trinajstić information content (AvgIpc) is 3.07. The van der Waals surface area contributed by atoms with E-state index in [9.17, 15) is 18.0 Å². The summed E-state index contributed by atoms with van der Waals surface area (Å²) in [5.41, 5.74) is 6.35. The number of amides is 1. The molecule has 0 unspecified atom stereocenters. The van der Waals surface area contributed by atoms with Crippen molar-refractivity contribution in [1.29, 1.82) is 0 Å². The van der Waals surface area contributed by atoms with Crippen molar-refractivity contribution in [1.82, 2.24) is 4.31 Å². The van der Waals surface area contributed by atoms with Crippen LogP contribution in [-0.2, 0) is 21.4 Å². The Morgan fingerprint density at radius 1 is 0.968 bits per heavy atom. The van der Waals surface area contributed by atoms with E-state index in [0.29, 0.717) is 24.2 Å². The van der Waals surface area contributed by atoms with Crippen LogP contribution in [0.3, 0.4) is 0 Å². The number of primary amides is 1. The maximum absolute atomic E-state index is 13.2. The van der Waals surface area contributed by atoms with Crippen LogP contribution in [0.4, 0.5) is 0 Å². The summed E-state index contributed by atoms with van der Waals surface area (Å²) in [4.78, 5) is 23.6. The van der Waals surface area contributed by atoms with Gasteiger partial charge in [-0.1, -0.05) is 25.0 Å². The number of nitrogens with two attached hydrogens (primary N) is 1. The van der Waals surface area contributed by atoms with Crippen molar-refractivity contribution < 1.29 is 27.5 Å². The summed E-state index contributed by atoms with van der Waals surface area (Å²) in [5, 5.41) is 0. The molecule has 1 aliphatic heterocycles. The number of carbonyl (C=O) groups is 2. The van der Waals surface area contributed by atoms with E-state index < -0.39 is 21.9 Å². The van der Waals surface area contributed by atoms with Gasteiger partial charge in [-0.15, -0.1) is 0 Å². The number of nitrogens with zero attached hydrogens (tertiary/aromatic N) is 1. The fourth-order valence-corrected chi connectivity index (χ4v) is 5.12. The number of rotatable bonds is 7. The fourth-order valence-electron chi connectivity index (χ4n) is 3.42. The molecule has 1 heterocycles. The molecule has 0 saturated carbocycles. The molecule has 3 rings (SSSR count). The number of sulfonamides is 1. The predicted octanol–water partition coefficient (Wildman–Crippen LogP) is 2.72. The third kappa shape index (κ3) is 5.42. The second-order valence-electron chi connectivity index (χ2n) is 7.32. The van der Waals surface area contributed by atoms with E-state index in [1.54, 1.807) is 24.3 Å². The monoisotopic (exact) mass is 446 g/mol. The van der Waals surface area contributed by atoms with E-state index >= 15 is 0 Å². The lowest BCUT2D eigenvalue weighted by Gasteiger charge is -2.21. The first-order valence-electron chi connectivity index (χ1n) is 10.1. The molecule has 0 atom stereocenters. The number of hydrogen-bond donors (Lipinski definition) is 1. The van der Waals surface area contributed by atoms with Gasteiger partial charge >= 0.3 is 5.97 Å². The van der Waals surface area contributed by atoms with Crippen LogP contribution < -0.4 is 10.5 Å². The summed E-state index contributed by atoms with van der Waals surface area (Å²) in [6, 6.07) is 10.6. The van der Waals surface area contributed by atoms with Gasteiger partial charge in [0.1, 0.15) is 17.3 Å². The van der Waals surface area contributed by atoms with Gasteiger partial charge in [0.05, 0.1) is 12.7 Å². The molecular formula is C22H26N2O6S. The third-order valence-electron chi connectivity index (χ3n) is 5.19. The Morgan fingerprint density at radius 3 is 2.16 bits per heavy atom. The SMILES string of the molecule is COc1ccc(C(=O)OCc2ccc(C(N)=O)cc2)cc1S(=O)(=O)N1CCCCCC1. The number of esters is 1. The highest BCUT2D eigenvalue weighted by molar-refractivity contribution is 7.89. The smallest absolute Gasteiger partial charge is 0.338 e. The molecule has 2 aromatic carbocycles. The predicted molar refractivity (Wildman–Crippen MR) is 114 cm³/mol. The minimum absolute atomic E-state index is 0.0297. The van der Waals surface area contributed by atoms with Gasteiger partial charge in [0.25, 0.3) is 0 Å². The highest BCUT2D eigenvalue weighted by Crippen LogP contribution is 2.29. The molecule has 166 valence electrons. The minimum Gasteiger partial charge on any atom is -0.495 e. The van der Waals surface area contributed by atoms with Gasteiger partial charge in [-0.05, 0) is 48.7 Å². The van der Waals surface area contributed by atoms with Crippen molar-refractivity contribution in [2.45, 2.75) is 37.2 Å². The molecule has 1 aliphatic rings. The summed E-state index contributed by atoms with van der Waals surface area (Å²) in [6.45, 7) is 0.862. The van der Waals surface area contributed by atoms with Crippen molar-refractivity contribution >= 4 is 21.9 Å². The molecular weight excluding hydrogens is 420 g/mol. The van der Waals surface area contributed by atoms with Crippen LogP contribution in [0, 0.1) is 0 Å². The van der Waals surface area contributed by atoms with Crippen molar-refractivity contribution in [3.63, 3.8) is 0 Å². The lowest BCUT2D eigenvalue weighted by Crippen LogP contribution is -2.32. The summed E-state index contributed by atoms with van der Waals surface area (Å²) >= 11 is 0. The van der Waals surface area contributed by atoms with Crippen molar-refractivity contribution in [2.24, 2.45) is 5.73 Å². The molecule has 31 heavy (non-hydrogen) atoms. The number of methoxy groups -OCH3 is 1. The van der Waals surface area contributed by atoms with Crippen LogP contribution in [0.15, 0.2) is 47.4 Å². The highest BCUT2D eigenvalue weighted by Gasteiger charge is 2.29. The summed E-state index contributed by atoms with van der Waals surface area (Å²) < 4.78 is 38.5. The Morgan fingerprint density at radius 2 is 1.58 bits per heavy atom. The molecule has 1 amide bonds. The topological polar surface area (TPSA) is 116 Å². The van der Waals surface area contributed by atoms with E-state index in [2.05, 4.69) is 0 Å². The van der Waals surface area contributed by atoms with Crippen LogP contribution in [0.1, 0.15) is 52.0 Å². The zero-order valence-electron chi connectivity index (χ0n) is 17.4. The summed E-state index contributed by atoms with van der Waals surface area (Å²) in [7, 11) is -2.41. The molecule has 2 N–H and O–H groups in total. The van der Waals surface area contributed by atoms with Crippen LogP contribution >= 0.6 is 0 Å². The van der Waals surface area contributed by atoms with E-state index in [4.69, 9.17) is 15.2 Å². The summed E-state index contributed by atoms with van der Waals surface area (Å²) in [6.07, 6.45) is 3.60. The molecule has 9 heteroatoms. The maximum atomic E-state index is 13.2. The fraction of sp³-hybridized carbons (Fsp3) is 0.364. The van der Waals surface area contributed by atoms with Gasteiger partial charge in [-0.3, -0.25) is 4.79 Å². The normalized spacial score (nSPS) is 15.1. The van der Waals surface area contributed by atoms with Crippen molar-refractivity contribution in [3.8, 4) is 5.75 Å². The quantitative estimate of drug-likeness (QED) is 0.654. The molecule has 1 saturated heterocycles. The number of ether oxygens (including phenoxy) is 2. The van der Waals surface area contributed by atoms with Crippen LogP contribution in [0.25, 0.3) is 0 Å². The highest BCUT2D eigenvalue weighted by atomic mass is 32.2. The Hall–Kier alpha value is -2.91. The zero-order chi connectivity index (χ0) is 22.4. The largest absolute Gasteiger partial charge is 0.495 e. The molecule has 0 aromatic heterocycles. The second kappa shape index (κ2) is 9.93. The van der Waals surface area contributed by atoms with Gasteiger partial charge in [-0.25, -0.2) is 13.2 Å². The minimum atomic E-state index is -3.81. The van der Waals surface area contributed by atoms with Gasteiger partial charge in [0.15, 0.2) is 0 Å². The van der Waals surface area contributed by atoms with E-state index in [1.807, 2.05) is 0 Å². The maximum Gasteiger partial charge on any atom is 0.338 e. The first-order valence-corrected chi connectivity index (χ1v) is 11.5. The Kier molecular flexibility index (Phi) is 7.29. The van der Waals surface area contributed by atoms with Crippen LogP contribution in [-0.4, -0.2) is 44.8 Å². The lowest BCUT2D eigenvalue weighted by molar-refractivity contribution is 0.0472. The van der Waals surface area contributed by atoms with Gasteiger partial charge in [0, 0.05) is 18.7 Å². The van der Waals surface area contributed by atoms with E-state index in [1.165, 1.54) is 29.6 Å². The Bertz CT molecular complexity index is 1040. The Balaban J connectivity index is 1.78. The first kappa shape index (κ1) is 22.8. The van der Waals surface area contributed by atoms with Gasteiger partial charge in [0.2, 0.25) is 15.9 Å². The molecule has 0 spiro atoms. The van der Waals surface area contributed by atoms with E-state index in [0.717, 1.165) is 25.7 Å². The van der Waals surface area contributed by atoms with Gasteiger partial charge < -0.3 is 15.2 Å². The zero-order valence-corrected chi connectivity index (χ0v) is 18.2. The summed E-state index contributed by atoms with van der Waals surface area (Å²) in [5.74, 6) is -1.02. The first-order chi connectivity index (χ1) is 14.8. The molecule has 8 nitrogen and oxygen atoms in total. The average molecular weight is 447 g/mol. The van der Waals surface area contributed by atoms with E-state index in [-0.39, 0.29) is 22.8 Å². The van der Waals surface area contributed by atoms with Crippen LogP contribution in [0.5, 0.6) is 5.75 Å². The standard InChI is InChI=1S/C22H26N2O6S/c1-29-19-11-10-18(14-20(19)31(27,28)24-12-4-2-3-5-13-24)22(26)30-15-16-6-8-17(9-7-16)21(23)25/h6-11,14H,2-5,12-13,15H2,1H3,(H2,23,25). The second-order valence-corrected chi connectivity index (χ2v) is 9.23. The van der Waals surface area contributed by atoms with Crippen molar-refractivity contribution in [2.75, 3.05) is 20.2 Å². The molecule has 1 fully saturated rings. The van der Waals surface area contributed by atoms with Crippen LogP contribution in [0.2, 0.25) is 0 Å².